The molecule has 1 aromatic rings. The molecule has 1 aromatic carbocycles. The quantitative estimate of drug-likeness (QED) is 0.685. The second kappa shape index (κ2) is 6.43. The summed E-state index contributed by atoms with van der Waals surface area (Å²) < 4.78 is 5.38. The zero-order valence-corrected chi connectivity index (χ0v) is 11.0. The zero-order valence-electron chi connectivity index (χ0n) is 9.40. The second-order valence-electron chi connectivity index (χ2n) is 3.11. The Labute approximate surface area is 112 Å². The molecule has 0 bridgehead atoms. The van der Waals surface area contributed by atoms with Gasteiger partial charge in [0.2, 0.25) is 0 Å². The van der Waals surface area contributed by atoms with Crippen LogP contribution in [0.15, 0.2) is 34.4 Å². The molecule has 18 heavy (non-hydrogen) atoms. The number of rotatable bonds is 3. The Morgan fingerprint density at radius 2 is 2.11 bits per heavy atom. The molecule has 0 aliphatic heterocycles. The molecule has 0 spiro atoms. The lowest BCUT2D eigenvalue weighted by Gasteiger charge is -2.08. The van der Waals surface area contributed by atoms with Crippen LogP contribution in [0.3, 0.4) is 0 Å². The lowest BCUT2D eigenvalue weighted by Crippen LogP contribution is -2.05. The van der Waals surface area contributed by atoms with Crippen molar-refractivity contribution in [2.24, 2.45) is 0 Å². The molecule has 0 radical (unpaired) electrons. The van der Waals surface area contributed by atoms with E-state index in [1.165, 1.54) is 13.3 Å². The highest BCUT2D eigenvalue weighted by molar-refractivity contribution is 9.10. The molecule has 0 aliphatic rings. The fraction of sp³-hybridized carbons (Fsp3) is 0.0833. The van der Waals surface area contributed by atoms with E-state index in [-0.39, 0.29) is 5.57 Å². The molecule has 90 valence electrons. The third-order valence-corrected chi connectivity index (χ3v) is 2.49. The van der Waals surface area contributed by atoms with Gasteiger partial charge in [-0.1, -0.05) is 15.9 Å². The molecule has 0 fully saturated rings. The first-order valence-electron chi connectivity index (χ1n) is 4.77. The molecule has 1 N–H and O–H groups in total. The van der Waals surface area contributed by atoms with Crippen LogP contribution in [0.25, 0.3) is 0 Å². The molecule has 0 amide bonds. The van der Waals surface area contributed by atoms with Gasteiger partial charge in [-0.05, 0) is 18.2 Å². The van der Waals surface area contributed by atoms with Crippen LogP contribution in [0.1, 0.15) is 10.4 Å². The number of halogens is 1. The van der Waals surface area contributed by atoms with Crippen molar-refractivity contribution in [2.75, 3.05) is 12.4 Å². The van der Waals surface area contributed by atoms with Crippen molar-refractivity contribution in [3.8, 4) is 12.1 Å². The van der Waals surface area contributed by atoms with Crippen LogP contribution < -0.4 is 5.32 Å². The number of methoxy groups -OCH3 is 1. The first-order valence-corrected chi connectivity index (χ1v) is 5.56. The van der Waals surface area contributed by atoms with Crippen LogP contribution in [0.4, 0.5) is 5.69 Å². The number of esters is 1. The van der Waals surface area contributed by atoms with Gasteiger partial charge in [0.1, 0.15) is 17.7 Å². The molecule has 0 aliphatic carbocycles. The van der Waals surface area contributed by atoms with Crippen LogP contribution in [0.5, 0.6) is 0 Å². The number of hydrogen-bond donors (Lipinski definition) is 1. The number of hydrogen-bond acceptors (Lipinski definition) is 5. The lowest BCUT2D eigenvalue weighted by atomic mass is 10.2. The summed E-state index contributed by atoms with van der Waals surface area (Å²) in [6.45, 7) is 0. The number of anilines is 1. The summed E-state index contributed by atoms with van der Waals surface area (Å²) in [6.07, 6.45) is 1.23. The Kier molecular flexibility index (Phi) is 4.91. The SMILES string of the molecule is COC(=O)c1ccc(Br)cc1NC=C(C#N)C#N. The van der Waals surface area contributed by atoms with Crippen LogP contribution in [-0.4, -0.2) is 13.1 Å². The maximum Gasteiger partial charge on any atom is 0.339 e. The number of nitrogens with one attached hydrogen (secondary N) is 1. The minimum absolute atomic E-state index is 0.0919. The number of allylic oxidation sites excluding steroid dienone is 1. The molecule has 0 saturated heterocycles. The minimum Gasteiger partial charge on any atom is -0.465 e. The van der Waals surface area contributed by atoms with Gasteiger partial charge in [0, 0.05) is 10.7 Å². The van der Waals surface area contributed by atoms with Gasteiger partial charge in [0.15, 0.2) is 0 Å². The smallest absolute Gasteiger partial charge is 0.339 e. The number of ether oxygens (including phenoxy) is 1. The fourth-order valence-corrected chi connectivity index (χ4v) is 1.52. The summed E-state index contributed by atoms with van der Waals surface area (Å²) >= 11 is 3.27. The van der Waals surface area contributed by atoms with E-state index in [0.717, 1.165) is 4.47 Å². The van der Waals surface area contributed by atoms with Gasteiger partial charge in [-0.3, -0.25) is 0 Å². The van der Waals surface area contributed by atoms with E-state index in [2.05, 4.69) is 26.0 Å². The number of carbonyl (C=O) groups excluding carboxylic acids is 1. The second-order valence-corrected chi connectivity index (χ2v) is 4.02. The largest absolute Gasteiger partial charge is 0.465 e. The first-order chi connectivity index (χ1) is 8.62. The van der Waals surface area contributed by atoms with Crippen molar-refractivity contribution in [3.63, 3.8) is 0 Å². The molecule has 5 nitrogen and oxygen atoms in total. The van der Waals surface area contributed by atoms with Crippen molar-refractivity contribution in [2.45, 2.75) is 0 Å². The highest BCUT2D eigenvalue weighted by atomic mass is 79.9. The van der Waals surface area contributed by atoms with Gasteiger partial charge < -0.3 is 10.1 Å². The van der Waals surface area contributed by atoms with Crippen LogP contribution in [0, 0.1) is 22.7 Å². The lowest BCUT2D eigenvalue weighted by molar-refractivity contribution is 0.0602. The molecule has 0 aromatic heterocycles. The molecular weight excluding hydrogens is 298 g/mol. The van der Waals surface area contributed by atoms with Gasteiger partial charge in [0.25, 0.3) is 0 Å². The van der Waals surface area contributed by atoms with Crippen LogP contribution in [0.2, 0.25) is 0 Å². The van der Waals surface area contributed by atoms with E-state index >= 15 is 0 Å². The summed E-state index contributed by atoms with van der Waals surface area (Å²) in [5.74, 6) is -0.506. The summed E-state index contributed by atoms with van der Waals surface area (Å²) in [5.41, 5.74) is 0.664. The van der Waals surface area contributed by atoms with Gasteiger partial charge in [-0.15, -0.1) is 0 Å². The van der Waals surface area contributed by atoms with E-state index in [1.54, 1.807) is 30.3 Å². The first kappa shape index (κ1) is 13.8. The normalized spacial score (nSPS) is 8.67. The summed E-state index contributed by atoms with van der Waals surface area (Å²) in [4.78, 5) is 11.5. The monoisotopic (exact) mass is 305 g/mol. The number of carbonyl (C=O) groups is 1. The maximum absolute atomic E-state index is 11.5. The van der Waals surface area contributed by atoms with Crippen molar-refractivity contribution < 1.29 is 9.53 Å². The van der Waals surface area contributed by atoms with Crippen LogP contribution >= 0.6 is 15.9 Å². The van der Waals surface area contributed by atoms with Crippen molar-refractivity contribution in [1.29, 1.82) is 10.5 Å². The molecule has 0 atom stereocenters. The van der Waals surface area contributed by atoms with Crippen molar-refractivity contribution in [3.05, 3.63) is 40.0 Å². The van der Waals surface area contributed by atoms with E-state index in [1.807, 2.05) is 0 Å². The van der Waals surface area contributed by atoms with E-state index in [0.29, 0.717) is 11.3 Å². The van der Waals surface area contributed by atoms with Crippen molar-refractivity contribution >= 4 is 27.6 Å². The average Bonchev–Trinajstić information content (AvgIpc) is 2.39. The van der Waals surface area contributed by atoms with Crippen molar-refractivity contribution in [1.82, 2.24) is 0 Å². The topological polar surface area (TPSA) is 85.9 Å². The predicted octanol–water partition coefficient (Wildman–Crippen LogP) is 2.58. The molecule has 0 saturated carbocycles. The Morgan fingerprint density at radius 1 is 1.44 bits per heavy atom. The van der Waals surface area contributed by atoms with Gasteiger partial charge in [-0.25, -0.2) is 4.79 Å². The summed E-state index contributed by atoms with van der Waals surface area (Å²) in [6, 6.07) is 8.33. The Hall–Kier alpha value is -2.31. The van der Waals surface area contributed by atoms with Gasteiger partial charge in [-0.2, -0.15) is 10.5 Å². The highest BCUT2D eigenvalue weighted by Gasteiger charge is 2.11. The van der Waals surface area contributed by atoms with Gasteiger partial charge in [0.05, 0.1) is 18.4 Å². The van der Waals surface area contributed by atoms with Crippen LogP contribution in [-0.2, 0) is 4.74 Å². The van der Waals surface area contributed by atoms with E-state index < -0.39 is 5.97 Å². The van der Waals surface area contributed by atoms with E-state index in [4.69, 9.17) is 10.5 Å². The minimum atomic E-state index is -0.506. The average molecular weight is 306 g/mol. The Balaban J connectivity index is 3.12. The maximum atomic E-state index is 11.5. The third-order valence-electron chi connectivity index (χ3n) is 2.00. The molecule has 0 heterocycles. The zero-order chi connectivity index (χ0) is 13.5. The molecule has 6 heteroatoms. The fourth-order valence-electron chi connectivity index (χ4n) is 1.16. The number of benzene rings is 1. The highest BCUT2D eigenvalue weighted by Crippen LogP contribution is 2.22. The van der Waals surface area contributed by atoms with E-state index in [9.17, 15) is 4.79 Å². The summed E-state index contributed by atoms with van der Waals surface area (Å²) in [7, 11) is 1.28. The Bertz CT molecular complexity index is 566. The third kappa shape index (κ3) is 3.34. The number of nitrogens with zero attached hydrogens (tertiary/aromatic N) is 2. The molecular formula is C12H8BrN3O2. The Morgan fingerprint density at radius 3 is 2.67 bits per heavy atom. The summed E-state index contributed by atoms with van der Waals surface area (Å²) in [5, 5.41) is 19.9. The number of nitriles is 2. The molecule has 1 rings (SSSR count). The molecule has 0 unspecified atom stereocenters. The standard InChI is InChI=1S/C12H8BrN3O2/c1-18-12(17)10-3-2-9(13)4-11(10)16-7-8(5-14)6-15/h2-4,7,16H,1H3. The van der Waals surface area contributed by atoms with Gasteiger partial charge >= 0.3 is 5.97 Å². The predicted molar refractivity (Wildman–Crippen MR) is 68.4 cm³/mol.